The Kier molecular flexibility index (Phi) is 5.00. The van der Waals surface area contributed by atoms with E-state index in [9.17, 15) is 9.18 Å². The Balaban J connectivity index is 1.20. The molecular weight excluding hydrogens is 399 g/mol. The van der Waals surface area contributed by atoms with E-state index >= 15 is 0 Å². The fourth-order valence-corrected chi connectivity index (χ4v) is 9.06. The SMILES string of the molecule is CC1CCC2C(CCC3C2CCC2(C)C(C(=O)Cn4ncc5cc(F)ccc54)CCC32)C1. The van der Waals surface area contributed by atoms with Crippen LogP contribution in [0.4, 0.5) is 4.39 Å². The zero-order chi connectivity index (χ0) is 22.0. The van der Waals surface area contributed by atoms with Crippen LogP contribution in [0.3, 0.4) is 0 Å². The molecule has 1 heterocycles. The van der Waals surface area contributed by atoms with Gasteiger partial charge in [0.25, 0.3) is 0 Å². The summed E-state index contributed by atoms with van der Waals surface area (Å²) in [7, 11) is 0. The van der Waals surface area contributed by atoms with Gasteiger partial charge in [-0.1, -0.05) is 20.3 Å². The highest BCUT2D eigenvalue weighted by Crippen LogP contribution is 2.64. The van der Waals surface area contributed by atoms with Crippen LogP contribution in [-0.4, -0.2) is 15.6 Å². The van der Waals surface area contributed by atoms with Gasteiger partial charge in [-0.15, -0.1) is 0 Å². The third-order valence-corrected chi connectivity index (χ3v) is 10.5. The van der Waals surface area contributed by atoms with E-state index in [1.165, 1.54) is 63.5 Å². The highest BCUT2D eigenvalue weighted by Gasteiger charge is 2.58. The molecule has 6 rings (SSSR count). The number of benzene rings is 1. The van der Waals surface area contributed by atoms with Crippen LogP contribution in [-0.2, 0) is 11.3 Å². The summed E-state index contributed by atoms with van der Waals surface area (Å²) < 4.78 is 15.3. The first-order valence-electron chi connectivity index (χ1n) is 13.1. The van der Waals surface area contributed by atoms with Crippen molar-refractivity contribution in [3.8, 4) is 0 Å². The van der Waals surface area contributed by atoms with Gasteiger partial charge in [0.1, 0.15) is 12.4 Å². The summed E-state index contributed by atoms with van der Waals surface area (Å²) in [5, 5.41) is 5.19. The fraction of sp³-hybridized carbons (Fsp3) is 0.714. The molecule has 0 saturated heterocycles. The summed E-state index contributed by atoms with van der Waals surface area (Å²) in [5.41, 5.74) is 1.01. The molecule has 8 unspecified atom stereocenters. The largest absolute Gasteiger partial charge is 0.297 e. The van der Waals surface area contributed by atoms with Crippen LogP contribution < -0.4 is 0 Å². The van der Waals surface area contributed by atoms with E-state index in [1.54, 1.807) is 16.9 Å². The lowest BCUT2D eigenvalue weighted by Gasteiger charge is -2.56. The normalized spacial score (nSPS) is 41.2. The number of hydrogen-bond acceptors (Lipinski definition) is 2. The monoisotopic (exact) mass is 436 g/mol. The van der Waals surface area contributed by atoms with Gasteiger partial charge in [0.2, 0.25) is 0 Å². The Morgan fingerprint density at radius 2 is 1.94 bits per heavy atom. The van der Waals surface area contributed by atoms with Gasteiger partial charge in [-0.25, -0.2) is 4.39 Å². The van der Waals surface area contributed by atoms with Crippen molar-refractivity contribution < 1.29 is 9.18 Å². The number of hydrogen-bond donors (Lipinski definition) is 0. The average molecular weight is 437 g/mol. The third kappa shape index (κ3) is 3.19. The molecule has 4 heteroatoms. The summed E-state index contributed by atoms with van der Waals surface area (Å²) in [5.74, 6) is 5.56. The van der Waals surface area contributed by atoms with Crippen molar-refractivity contribution >= 4 is 16.7 Å². The quantitative estimate of drug-likeness (QED) is 0.540. The summed E-state index contributed by atoms with van der Waals surface area (Å²) in [6.45, 7) is 5.21. The third-order valence-electron chi connectivity index (χ3n) is 10.5. The average Bonchev–Trinajstić information content (AvgIpc) is 3.33. The van der Waals surface area contributed by atoms with Crippen LogP contribution in [0.2, 0.25) is 0 Å². The number of ketones is 1. The predicted octanol–water partition coefficient (Wildman–Crippen LogP) is 6.65. The van der Waals surface area contributed by atoms with Crippen LogP contribution in [0.5, 0.6) is 0 Å². The van der Waals surface area contributed by atoms with Crippen molar-refractivity contribution in [3.05, 3.63) is 30.2 Å². The van der Waals surface area contributed by atoms with Crippen LogP contribution in [0.15, 0.2) is 24.4 Å². The van der Waals surface area contributed by atoms with E-state index in [0.29, 0.717) is 12.3 Å². The van der Waals surface area contributed by atoms with Gasteiger partial charge < -0.3 is 0 Å². The second-order valence-corrected chi connectivity index (χ2v) is 12.0. The lowest BCUT2D eigenvalue weighted by Crippen LogP contribution is -2.49. The molecular formula is C28H37FN2O. The Bertz CT molecular complexity index is 1030. The lowest BCUT2D eigenvalue weighted by atomic mass is 9.49. The molecule has 4 aliphatic rings. The van der Waals surface area contributed by atoms with Crippen LogP contribution in [0.1, 0.15) is 71.6 Å². The van der Waals surface area contributed by atoms with Crippen molar-refractivity contribution in [1.82, 2.24) is 9.78 Å². The van der Waals surface area contributed by atoms with Crippen LogP contribution in [0.25, 0.3) is 10.9 Å². The highest BCUT2D eigenvalue weighted by molar-refractivity contribution is 5.85. The topological polar surface area (TPSA) is 34.9 Å². The molecule has 32 heavy (non-hydrogen) atoms. The number of Topliss-reactive ketones (excluding diaryl/α,β-unsaturated/α-hetero) is 1. The maximum Gasteiger partial charge on any atom is 0.157 e. The van der Waals surface area contributed by atoms with Gasteiger partial charge in [-0.05, 0) is 110 Å². The number of aromatic nitrogens is 2. The Morgan fingerprint density at radius 3 is 2.81 bits per heavy atom. The Labute approximate surface area is 191 Å². The standard InChI is InChI=1S/C28H37FN2O/c1-17-3-6-21-18(13-17)4-7-23-22(21)11-12-28(2)24(23)8-9-25(28)27(32)16-31-26-10-5-20(29)14-19(26)15-30-31/h5,10,14-15,17-18,21-25H,3-4,6-9,11-13,16H2,1-2H3. The van der Waals surface area contributed by atoms with Crippen molar-refractivity contribution in [2.45, 2.75) is 78.2 Å². The maximum absolute atomic E-state index is 13.6. The smallest absolute Gasteiger partial charge is 0.157 e. The Morgan fingerprint density at radius 1 is 1.09 bits per heavy atom. The van der Waals surface area contributed by atoms with Crippen LogP contribution >= 0.6 is 0 Å². The van der Waals surface area contributed by atoms with Gasteiger partial charge in [-0.3, -0.25) is 9.48 Å². The maximum atomic E-state index is 13.6. The van der Waals surface area contributed by atoms with E-state index in [2.05, 4.69) is 18.9 Å². The van der Waals surface area contributed by atoms with Crippen molar-refractivity contribution in [2.24, 2.45) is 46.8 Å². The highest BCUT2D eigenvalue weighted by atomic mass is 19.1. The van der Waals surface area contributed by atoms with Gasteiger partial charge in [0, 0.05) is 11.3 Å². The molecule has 0 aliphatic heterocycles. The van der Waals surface area contributed by atoms with Gasteiger partial charge in [0.15, 0.2) is 5.78 Å². The second-order valence-electron chi connectivity index (χ2n) is 12.0. The zero-order valence-electron chi connectivity index (χ0n) is 19.6. The first kappa shape index (κ1) is 20.9. The summed E-state index contributed by atoms with van der Waals surface area (Å²) in [6.07, 6.45) is 13.7. The van der Waals surface area contributed by atoms with E-state index in [-0.39, 0.29) is 17.2 Å². The molecule has 4 aliphatic carbocycles. The molecule has 0 amide bonds. The lowest BCUT2D eigenvalue weighted by molar-refractivity contribution is -0.131. The minimum Gasteiger partial charge on any atom is -0.297 e. The van der Waals surface area contributed by atoms with Crippen molar-refractivity contribution in [1.29, 1.82) is 0 Å². The number of nitrogens with zero attached hydrogens (tertiary/aromatic N) is 2. The predicted molar refractivity (Wildman–Crippen MR) is 124 cm³/mol. The zero-order valence-corrected chi connectivity index (χ0v) is 19.6. The number of rotatable bonds is 3. The summed E-state index contributed by atoms with van der Waals surface area (Å²) in [4.78, 5) is 13.6. The van der Waals surface area contributed by atoms with Crippen molar-refractivity contribution in [3.63, 3.8) is 0 Å². The molecule has 0 radical (unpaired) electrons. The molecule has 172 valence electrons. The molecule has 1 aromatic carbocycles. The molecule has 4 saturated carbocycles. The van der Waals surface area contributed by atoms with Gasteiger partial charge in [0.05, 0.1) is 11.7 Å². The summed E-state index contributed by atoms with van der Waals surface area (Å²) >= 11 is 0. The molecule has 0 spiro atoms. The Hall–Kier alpha value is -1.71. The van der Waals surface area contributed by atoms with E-state index in [0.717, 1.165) is 52.8 Å². The first-order valence-corrected chi connectivity index (χ1v) is 13.1. The molecule has 4 fully saturated rings. The number of carbonyl (C=O) groups is 1. The molecule has 2 aromatic rings. The first-order chi connectivity index (χ1) is 15.4. The number of halogens is 1. The summed E-state index contributed by atoms with van der Waals surface area (Å²) in [6, 6.07) is 4.71. The van der Waals surface area contributed by atoms with Gasteiger partial charge in [-0.2, -0.15) is 5.10 Å². The number of carbonyl (C=O) groups excluding carboxylic acids is 1. The van der Waals surface area contributed by atoms with E-state index < -0.39 is 0 Å². The van der Waals surface area contributed by atoms with Crippen LogP contribution in [0, 0.1) is 52.7 Å². The van der Waals surface area contributed by atoms with Crippen molar-refractivity contribution in [2.75, 3.05) is 0 Å². The van der Waals surface area contributed by atoms with E-state index in [1.807, 2.05) is 0 Å². The minimum absolute atomic E-state index is 0.150. The van der Waals surface area contributed by atoms with Gasteiger partial charge >= 0.3 is 0 Å². The second kappa shape index (κ2) is 7.67. The molecule has 0 N–H and O–H groups in total. The molecule has 3 nitrogen and oxygen atoms in total. The molecule has 8 atom stereocenters. The molecule has 0 bridgehead atoms. The van der Waals surface area contributed by atoms with E-state index in [4.69, 9.17) is 0 Å². The molecule has 1 aromatic heterocycles. The number of fused-ring (bicyclic) bond motifs is 6. The fourth-order valence-electron chi connectivity index (χ4n) is 9.06. The minimum atomic E-state index is -0.256.